The Morgan fingerprint density at radius 1 is 1.20 bits per heavy atom. The van der Waals surface area contributed by atoms with Crippen molar-refractivity contribution in [3.05, 3.63) is 33.8 Å². The Balaban J connectivity index is 2.44. The van der Waals surface area contributed by atoms with Gasteiger partial charge in [-0.25, -0.2) is 0 Å². The molecular weight excluding hydrogens is 307 g/mol. The van der Waals surface area contributed by atoms with Crippen molar-refractivity contribution in [2.24, 2.45) is 0 Å². The van der Waals surface area contributed by atoms with Gasteiger partial charge in [-0.15, -0.1) is 0 Å². The highest BCUT2D eigenvalue weighted by Gasteiger charge is 2.11. The van der Waals surface area contributed by atoms with E-state index in [-0.39, 0.29) is 17.1 Å². The van der Waals surface area contributed by atoms with Gasteiger partial charge in [-0.05, 0) is 18.2 Å². The number of halogens is 2. The van der Waals surface area contributed by atoms with E-state index in [2.05, 4.69) is 15.4 Å². The molecular formula is C12H12Cl2N2O4. The highest BCUT2D eigenvalue weighted by molar-refractivity contribution is 6.42. The van der Waals surface area contributed by atoms with E-state index in [0.29, 0.717) is 5.02 Å². The minimum atomic E-state index is -0.720. The maximum absolute atomic E-state index is 11.7. The fourth-order valence-corrected chi connectivity index (χ4v) is 1.46. The van der Waals surface area contributed by atoms with Crippen LogP contribution in [0.15, 0.2) is 18.2 Å². The molecule has 1 rings (SSSR count). The average Bonchev–Trinajstić information content (AvgIpc) is 2.44. The number of nitrogens with one attached hydrogen (secondary N) is 2. The zero-order valence-electron chi connectivity index (χ0n) is 10.5. The topological polar surface area (TPSA) is 84.5 Å². The van der Waals surface area contributed by atoms with Crippen LogP contribution >= 0.6 is 23.2 Å². The number of esters is 1. The molecule has 0 saturated heterocycles. The monoisotopic (exact) mass is 318 g/mol. The van der Waals surface area contributed by atoms with Gasteiger partial charge in [0.1, 0.15) is 6.54 Å². The molecule has 0 spiro atoms. The van der Waals surface area contributed by atoms with Gasteiger partial charge < -0.3 is 15.4 Å². The predicted octanol–water partition coefficient (Wildman–Crippen LogP) is 1.01. The molecule has 0 aliphatic rings. The Morgan fingerprint density at radius 3 is 2.50 bits per heavy atom. The number of carbonyl (C=O) groups excluding carboxylic acids is 3. The number of benzene rings is 1. The summed E-state index contributed by atoms with van der Waals surface area (Å²) in [6, 6.07) is 4.33. The summed E-state index contributed by atoms with van der Waals surface area (Å²) in [7, 11) is 1.42. The molecule has 8 heteroatoms. The second-order valence-electron chi connectivity index (χ2n) is 3.65. The van der Waals surface area contributed by atoms with E-state index < -0.39 is 24.4 Å². The van der Waals surface area contributed by atoms with Gasteiger partial charge in [-0.3, -0.25) is 14.4 Å². The number of ether oxygens (including phenoxy) is 1. The summed E-state index contributed by atoms with van der Waals surface area (Å²) >= 11 is 11.5. The molecule has 0 heterocycles. The van der Waals surface area contributed by atoms with Gasteiger partial charge in [0.05, 0.1) is 10.0 Å². The number of rotatable bonds is 5. The Kier molecular flexibility index (Phi) is 6.27. The van der Waals surface area contributed by atoms with Crippen LogP contribution < -0.4 is 10.6 Å². The summed E-state index contributed by atoms with van der Waals surface area (Å²) < 4.78 is 4.61. The van der Waals surface area contributed by atoms with Gasteiger partial charge in [0.25, 0.3) is 11.8 Å². The van der Waals surface area contributed by atoms with Crippen LogP contribution in [-0.4, -0.2) is 38.0 Å². The smallest absolute Gasteiger partial charge is 0.325 e. The van der Waals surface area contributed by atoms with Gasteiger partial charge in [0, 0.05) is 12.6 Å². The maximum Gasteiger partial charge on any atom is 0.325 e. The Bertz CT molecular complexity index is 534. The van der Waals surface area contributed by atoms with E-state index in [1.807, 2.05) is 0 Å². The summed E-state index contributed by atoms with van der Waals surface area (Å²) in [5, 5.41) is 5.20. The highest BCUT2D eigenvalue weighted by Crippen LogP contribution is 2.22. The van der Waals surface area contributed by atoms with Gasteiger partial charge >= 0.3 is 5.97 Å². The molecule has 0 saturated carbocycles. The van der Waals surface area contributed by atoms with Gasteiger partial charge in [-0.2, -0.15) is 0 Å². The van der Waals surface area contributed by atoms with Crippen molar-refractivity contribution < 1.29 is 19.1 Å². The van der Waals surface area contributed by atoms with Crippen molar-refractivity contribution in [1.82, 2.24) is 10.6 Å². The first kappa shape index (κ1) is 16.3. The van der Waals surface area contributed by atoms with Crippen LogP contribution in [0.2, 0.25) is 10.0 Å². The summed E-state index contributed by atoms with van der Waals surface area (Å²) in [6.07, 6.45) is 0. The zero-order valence-corrected chi connectivity index (χ0v) is 12.0. The molecule has 0 radical (unpaired) electrons. The molecule has 2 amide bonds. The third kappa shape index (κ3) is 5.07. The second-order valence-corrected chi connectivity index (χ2v) is 4.46. The number of likely N-dealkylation sites (N-methyl/N-ethyl adjacent to an activating group) is 1. The molecule has 0 fully saturated rings. The average molecular weight is 319 g/mol. The molecule has 0 atom stereocenters. The molecule has 0 unspecified atom stereocenters. The largest absolute Gasteiger partial charge is 0.454 e. The molecule has 20 heavy (non-hydrogen) atoms. The molecule has 0 aliphatic heterocycles. The molecule has 0 aromatic heterocycles. The van der Waals surface area contributed by atoms with Crippen molar-refractivity contribution in [1.29, 1.82) is 0 Å². The van der Waals surface area contributed by atoms with E-state index in [0.717, 1.165) is 0 Å². The molecule has 0 aliphatic carbocycles. The van der Waals surface area contributed by atoms with Crippen molar-refractivity contribution in [3.8, 4) is 0 Å². The zero-order chi connectivity index (χ0) is 15.1. The Labute approximate surface area is 125 Å². The van der Waals surface area contributed by atoms with E-state index in [9.17, 15) is 14.4 Å². The molecule has 0 bridgehead atoms. The summed E-state index contributed by atoms with van der Waals surface area (Å²) in [6.45, 7) is -0.742. The summed E-state index contributed by atoms with van der Waals surface area (Å²) in [5.74, 6) is -1.66. The number of hydrogen-bond donors (Lipinski definition) is 2. The van der Waals surface area contributed by atoms with Crippen molar-refractivity contribution in [2.45, 2.75) is 0 Å². The van der Waals surface area contributed by atoms with Gasteiger partial charge in [0.2, 0.25) is 0 Å². The molecule has 2 N–H and O–H groups in total. The highest BCUT2D eigenvalue weighted by atomic mass is 35.5. The lowest BCUT2D eigenvalue weighted by molar-refractivity contribution is -0.147. The first-order chi connectivity index (χ1) is 9.43. The maximum atomic E-state index is 11.7. The van der Waals surface area contributed by atoms with E-state index >= 15 is 0 Å². The number of amides is 2. The second kappa shape index (κ2) is 7.72. The minimum absolute atomic E-state index is 0.238. The van der Waals surface area contributed by atoms with Crippen LogP contribution in [0.4, 0.5) is 0 Å². The van der Waals surface area contributed by atoms with Crippen LogP contribution in [0.1, 0.15) is 10.4 Å². The normalized spacial score (nSPS) is 9.75. The third-order valence-corrected chi connectivity index (χ3v) is 2.96. The minimum Gasteiger partial charge on any atom is -0.454 e. The first-order valence-electron chi connectivity index (χ1n) is 5.53. The Hall–Kier alpha value is -1.79. The van der Waals surface area contributed by atoms with E-state index in [1.54, 1.807) is 0 Å². The lowest BCUT2D eigenvalue weighted by atomic mass is 10.2. The van der Waals surface area contributed by atoms with Crippen molar-refractivity contribution >= 4 is 41.0 Å². The lowest BCUT2D eigenvalue weighted by Gasteiger charge is -2.06. The van der Waals surface area contributed by atoms with Crippen molar-refractivity contribution in [3.63, 3.8) is 0 Å². The van der Waals surface area contributed by atoms with Crippen molar-refractivity contribution in [2.75, 3.05) is 20.2 Å². The SMILES string of the molecule is CNC(=O)COC(=O)CNC(=O)c1ccc(Cl)c(Cl)c1. The van der Waals surface area contributed by atoms with Crippen LogP contribution in [0.5, 0.6) is 0 Å². The number of carbonyl (C=O) groups is 3. The lowest BCUT2D eigenvalue weighted by Crippen LogP contribution is -2.33. The molecule has 1 aromatic rings. The predicted molar refractivity (Wildman–Crippen MR) is 73.8 cm³/mol. The van der Waals surface area contributed by atoms with E-state index in [4.69, 9.17) is 23.2 Å². The van der Waals surface area contributed by atoms with Crippen LogP contribution in [0.25, 0.3) is 0 Å². The van der Waals surface area contributed by atoms with Gasteiger partial charge in [-0.1, -0.05) is 23.2 Å². The standard InChI is InChI=1S/C12H12Cl2N2O4/c1-15-10(17)6-20-11(18)5-16-12(19)7-2-3-8(13)9(14)4-7/h2-4H,5-6H2,1H3,(H,15,17)(H,16,19). The summed E-state index contributed by atoms with van der Waals surface area (Å²) in [4.78, 5) is 33.8. The summed E-state index contributed by atoms with van der Waals surface area (Å²) in [5.41, 5.74) is 0.263. The van der Waals surface area contributed by atoms with Crippen LogP contribution in [0, 0.1) is 0 Å². The third-order valence-electron chi connectivity index (χ3n) is 2.22. The number of hydrogen-bond acceptors (Lipinski definition) is 4. The molecule has 108 valence electrons. The van der Waals surface area contributed by atoms with Gasteiger partial charge in [0.15, 0.2) is 6.61 Å². The molecule has 6 nitrogen and oxygen atoms in total. The quantitative estimate of drug-likeness (QED) is 0.794. The fourth-order valence-electron chi connectivity index (χ4n) is 1.16. The van der Waals surface area contributed by atoms with Crippen LogP contribution in [0.3, 0.4) is 0 Å². The fraction of sp³-hybridized carbons (Fsp3) is 0.250. The first-order valence-corrected chi connectivity index (χ1v) is 6.29. The molecule has 1 aromatic carbocycles. The Morgan fingerprint density at radius 2 is 1.90 bits per heavy atom. The van der Waals surface area contributed by atoms with E-state index in [1.165, 1.54) is 25.2 Å². The van der Waals surface area contributed by atoms with Crippen LogP contribution in [-0.2, 0) is 14.3 Å².